The van der Waals surface area contributed by atoms with E-state index in [0.29, 0.717) is 24.6 Å². The molecule has 0 saturated carbocycles. The van der Waals surface area contributed by atoms with Crippen molar-refractivity contribution < 1.29 is 14.7 Å². The Morgan fingerprint density at radius 3 is 2.68 bits per heavy atom. The number of amides is 1. The van der Waals surface area contributed by atoms with Gasteiger partial charge in [-0.3, -0.25) is 4.79 Å². The van der Waals surface area contributed by atoms with Crippen LogP contribution in [0.25, 0.3) is 0 Å². The van der Waals surface area contributed by atoms with Crippen LogP contribution in [0.3, 0.4) is 0 Å². The quantitative estimate of drug-likeness (QED) is 0.742. The fourth-order valence-corrected chi connectivity index (χ4v) is 3.70. The molecule has 5 nitrogen and oxygen atoms in total. The molecule has 1 aliphatic heterocycles. The number of carbonyl (C=O) groups is 2. The Balaban J connectivity index is 2.58. The van der Waals surface area contributed by atoms with E-state index in [4.69, 9.17) is 5.73 Å². The van der Waals surface area contributed by atoms with Crippen LogP contribution in [0.15, 0.2) is 0 Å². The average molecular weight is 288 g/mol. The number of rotatable bonds is 7. The molecule has 110 valence electrons. The number of thioether (sulfide) groups is 1. The molecule has 0 aromatic carbocycles. The SMILES string of the molecule is CCC1SCC(C(=O)O)N1C(=O)CCC(C)CCN. The summed E-state index contributed by atoms with van der Waals surface area (Å²) < 4.78 is 0. The molecular weight excluding hydrogens is 264 g/mol. The van der Waals surface area contributed by atoms with Crippen LogP contribution in [0.1, 0.15) is 39.5 Å². The van der Waals surface area contributed by atoms with Crippen LogP contribution < -0.4 is 5.73 Å². The summed E-state index contributed by atoms with van der Waals surface area (Å²) in [6.07, 6.45) is 2.89. The van der Waals surface area contributed by atoms with Gasteiger partial charge in [-0.2, -0.15) is 0 Å². The molecule has 1 rings (SSSR count). The van der Waals surface area contributed by atoms with Crippen molar-refractivity contribution in [2.24, 2.45) is 11.7 Å². The third-order valence-corrected chi connectivity index (χ3v) is 4.98. The van der Waals surface area contributed by atoms with Gasteiger partial charge in [-0.25, -0.2) is 4.79 Å². The minimum absolute atomic E-state index is 0.0124. The Kier molecular flexibility index (Phi) is 6.65. The summed E-state index contributed by atoms with van der Waals surface area (Å²) in [5.74, 6) is -0.0229. The van der Waals surface area contributed by atoms with E-state index in [0.717, 1.165) is 19.3 Å². The predicted molar refractivity (Wildman–Crippen MR) is 76.9 cm³/mol. The van der Waals surface area contributed by atoms with E-state index in [1.165, 1.54) is 0 Å². The number of aliphatic carboxylic acids is 1. The van der Waals surface area contributed by atoms with Crippen molar-refractivity contribution in [3.8, 4) is 0 Å². The maximum Gasteiger partial charge on any atom is 0.327 e. The van der Waals surface area contributed by atoms with E-state index >= 15 is 0 Å². The fourth-order valence-electron chi connectivity index (χ4n) is 2.33. The summed E-state index contributed by atoms with van der Waals surface area (Å²) in [6.45, 7) is 4.69. The van der Waals surface area contributed by atoms with Gasteiger partial charge >= 0.3 is 5.97 Å². The molecule has 1 aliphatic rings. The number of carboxylic acid groups (broad SMARTS) is 1. The lowest BCUT2D eigenvalue weighted by Gasteiger charge is -2.27. The number of nitrogens with two attached hydrogens (primary N) is 1. The second-order valence-electron chi connectivity index (χ2n) is 5.07. The second kappa shape index (κ2) is 7.75. The van der Waals surface area contributed by atoms with Crippen LogP contribution in [0.4, 0.5) is 0 Å². The van der Waals surface area contributed by atoms with Crippen molar-refractivity contribution in [3.63, 3.8) is 0 Å². The number of carboxylic acids is 1. The molecular formula is C13H24N2O3S. The molecule has 3 atom stereocenters. The Morgan fingerprint density at radius 1 is 1.47 bits per heavy atom. The second-order valence-corrected chi connectivity index (χ2v) is 6.28. The van der Waals surface area contributed by atoms with Crippen molar-refractivity contribution in [2.45, 2.75) is 50.9 Å². The van der Waals surface area contributed by atoms with Gasteiger partial charge in [0.15, 0.2) is 0 Å². The Labute approximate surface area is 118 Å². The van der Waals surface area contributed by atoms with Gasteiger partial charge in [0.25, 0.3) is 0 Å². The maximum atomic E-state index is 12.3. The Hall–Kier alpha value is -0.750. The Bertz CT molecular complexity index is 325. The van der Waals surface area contributed by atoms with Gasteiger partial charge in [-0.05, 0) is 31.7 Å². The van der Waals surface area contributed by atoms with E-state index in [2.05, 4.69) is 6.92 Å². The third kappa shape index (κ3) is 4.38. The zero-order valence-corrected chi connectivity index (χ0v) is 12.5. The minimum Gasteiger partial charge on any atom is -0.480 e. The average Bonchev–Trinajstić information content (AvgIpc) is 2.80. The van der Waals surface area contributed by atoms with Crippen LogP contribution >= 0.6 is 11.8 Å². The molecule has 1 heterocycles. The Morgan fingerprint density at radius 2 is 2.16 bits per heavy atom. The van der Waals surface area contributed by atoms with Gasteiger partial charge in [0.2, 0.25) is 5.91 Å². The molecule has 0 spiro atoms. The van der Waals surface area contributed by atoms with Crippen molar-refractivity contribution >= 4 is 23.6 Å². The summed E-state index contributed by atoms with van der Waals surface area (Å²) in [4.78, 5) is 25.0. The standard InChI is InChI=1S/C13H24N2O3S/c1-3-12-15(10(8-19-12)13(17)18)11(16)5-4-9(2)6-7-14/h9-10,12H,3-8,14H2,1-2H3,(H,17,18). The van der Waals surface area contributed by atoms with Crippen LogP contribution in [-0.2, 0) is 9.59 Å². The van der Waals surface area contributed by atoms with E-state index in [9.17, 15) is 14.7 Å². The minimum atomic E-state index is -0.896. The van der Waals surface area contributed by atoms with Crippen molar-refractivity contribution in [1.29, 1.82) is 0 Å². The fraction of sp³-hybridized carbons (Fsp3) is 0.846. The molecule has 1 saturated heterocycles. The van der Waals surface area contributed by atoms with Gasteiger partial charge in [0, 0.05) is 12.2 Å². The molecule has 19 heavy (non-hydrogen) atoms. The summed E-state index contributed by atoms with van der Waals surface area (Å²) in [7, 11) is 0. The zero-order chi connectivity index (χ0) is 14.4. The number of carbonyl (C=O) groups excluding carboxylic acids is 1. The summed E-state index contributed by atoms with van der Waals surface area (Å²) in [6, 6.07) is -0.660. The van der Waals surface area contributed by atoms with E-state index in [1.54, 1.807) is 16.7 Å². The van der Waals surface area contributed by atoms with Crippen molar-refractivity contribution in [2.75, 3.05) is 12.3 Å². The highest BCUT2D eigenvalue weighted by Crippen LogP contribution is 2.32. The predicted octanol–water partition coefficient (Wildman–Crippen LogP) is 1.52. The molecule has 1 fully saturated rings. The van der Waals surface area contributed by atoms with E-state index in [1.807, 2.05) is 6.92 Å². The highest BCUT2D eigenvalue weighted by Gasteiger charge is 2.40. The zero-order valence-electron chi connectivity index (χ0n) is 11.7. The first-order valence-corrected chi connectivity index (χ1v) is 7.91. The van der Waals surface area contributed by atoms with E-state index in [-0.39, 0.29) is 11.3 Å². The highest BCUT2D eigenvalue weighted by molar-refractivity contribution is 8.00. The maximum absolute atomic E-state index is 12.3. The normalized spacial score (nSPS) is 24.5. The topological polar surface area (TPSA) is 83.6 Å². The van der Waals surface area contributed by atoms with E-state index < -0.39 is 12.0 Å². The molecule has 3 unspecified atom stereocenters. The summed E-state index contributed by atoms with van der Waals surface area (Å²) >= 11 is 1.56. The van der Waals surface area contributed by atoms with Gasteiger partial charge in [0.1, 0.15) is 6.04 Å². The van der Waals surface area contributed by atoms with Crippen molar-refractivity contribution in [1.82, 2.24) is 4.90 Å². The molecule has 3 N–H and O–H groups in total. The molecule has 6 heteroatoms. The smallest absolute Gasteiger partial charge is 0.327 e. The van der Waals surface area contributed by atoms with Crippen LogP contribution in [0.5, 0.6) is 0 Å². The number of hydrogen-bond acceptors (Lipinski definition) is 4. The first-order chi connectivity index (χ1) is 9.01. The molecule has 0 aromatic rings. The monoisotopic (exact) mass is 288 g/mol. The molecule has 1 amide bonds. The molecule has 0 aliphatic carbocycles. The number of hydrogen-bond donors (Lipinski definition) is 2. The van der Waals surface area contributed by atoms with Crippen LogP contribution in [-0.4, -0.2) is 45.6 Å². The van der Waals surface area contributed by atoms with Crippen LogP contribution in [0, 0.1) is 5.92 Å². The first-order valence-electron chi connectivity index (χ1n) is 6.86. The number of nitrogens with zero attached hydrogens (tertiary/aromatic N) is 1. The molecule has 0 aromatic heterocycles. The lowest BCUT2D eigenvalue weighted by molar-refractivity contribution is -0.149. The lowest BCUT2D eigenvalue weighted by Crippen LogP contribution is -2.45. The summed E-state index contributed by atoms with van der Waals surface area (Å²) in [5, 5.41) is 9.20. The van der Waals surface area contributed by atoms with Crippen LogP contribution in [0.2, 0.25) is 0 Å². The molecule has 0 bridgehead atoms. The molecule has 0 radical (unpaired) electrons. The summed E-state index contributed by atoms with van der Waals surface area (Å²) in [5.41, 5.74) is 5.49. The third-order valence-electron chi connectivity index (χ3n) is 3.53. The first kappa shape index (κ1) is 16.3. The largest absolute Gasteiger partial charge is 0.480 e. The van der Waals surface area contributed by atoms with Gasteiger partial charge in [0.05, 0.1) is 5.37 Å². The lowest BCUT2D eigenvalue weighted by atomic mass is 10.0. The van der Waals surface area contributed by atoms with Crippen molar-refractivity contribution in [3.05, 3.63) is 0 Å². The van der Waals surface area contributed by atoms with Gasteiger partial charge in [-0.1, -0.05) is 13.8 Å². The van der Waals surface area contributed by atoms with Gasteiger partial charge < -0.3 is 15.7 Å². The highest BCUT2D eigenvalue weighted by atomic mass is 32.2. The van der Waals surface area contributed by atoms with Gasteiger partial charge in [-0.15, -0.1) is 11.8 Å².